The summed E-state index contributed by atoms with van der Waals surface area (Å²) < 4.78 is 5.34. The molecule has 0 aliphatic carbocycles. The molecule has 1 aliphatic heterocycles. The zero-order chi connectivity index (χ0) is 17.0. The molecule has 1 aromatic rings. The van der Waals surface area contributed by atoms with Gasteiger partial charge >= 0.3 is 5.97 Å². The van der Waals surface area contributed by atoms with E-state index < -0.39 is 11.4 Å². The molecule has 0 saturated carbocycles. The third kappa shape index (κ3) is 4.03. The lowest BCUT2D eigenvalue weighted by atomic mass is 9.90. The SMILES string of the molecule is COc1ccccc1C[C@@H](C)CC(=O)N1CC[C@@](C)(C(=O)O)C1. The Morgan fingerprint density at radius 2 is 2.09 bits per heavy atom. The molecule has 0 bridgehead atoms. The van der Waals surface area contributed by atoms with Gasteiger partial charge in [-0.25, -0.2) is 0 Å². The molecule has 1 saturated heterocycles. The first kappa shape index (κ1) is 17.3. The van der Waals surface area contributed by atoms with Crippen LogP contribution in [0.25, 0.3) is 0 Å². The minimum atomic E-state index is -0.824. The molecule has 1 N–H and O–H groups in total. The monoisotopic (exact) mass is 319 g/mol. The lowest BCUT2D eigenvalue weighted by molar-refractivity contribution is -0.147. The number of carboxylic acids is 1. The van der Waals surface area contributed by atoms with E-state index in [9.17, 15) is 14.7 Å². The van der Waals surface area contributed by atoms with Gasteiger partial charge in [0.15, 0.2) is 0 Å². The molecule has 5 nitrogen and oxygen atoms in total. The second-order valence-electron chi connectivity index (χ2n) is 6.76. The first-order valence-corrected chi connectivity index (χ1v) is 7.99. The van der Waals surface area contributed by atoms with Crippen LogP contribution >= 0.6 is 0 Å². The van der Waals surface area contributed by atoms with E-state index in [4.69, 9.17) is 4.74 Å². The van der Waals surface area contributed by atoms with Crippen LogP contribution in [0, 0.1) is 11.3 Å². The van der Waals surface area contributed by atoms with Gasteiger partial charge in [-0.3, -0.25) is 9.59 Å². The van der Waals surface area contributed by atoms with Crippen LogP contribution in [0.3, 0.4) is 0 Å². The maximum absolute atomic E-state index is 12.4. The van der Waals surface area contributed by atoms with Crippen LogP contribution < -0.4 is 4.74 Å². The number of likely N-dealkylation sites (tertiary alicyclic amines) is 1. The standard InChI is InChI=1S/C18H25NO4/c1-13(10-14-6-4-5-7-15(14)23-3)11-16(20)19-9-8-18(2,12-19)17(21)22/h4-7,13H,8-12H2,1-3H3,(H,21,22)/t13-,18-/m1/s1. The smallest absolute Gasteiger partial charge is 0.311 e. The predicted molar refractivity (Wildman–Crippen MR) is 87.4 cm³/mol. The van der Waals surface area contributed by atoms with Crippen molar-refractivity contribution in [3.63, 3.8) is 0 Å². The van der Waals surface area contributed by atoms with E-state index in [-0.39, 0.29) is 11.8 Å². The summed E-state index contributed by atoms with van der Waals surface area (Å²) in [6.45, 7) is 4.59. The van der Waals surface area contributed by atoms with Crippen molar-refractivity contribution in [3.8, 4) is 5.75 Å². The Morgan fingerprint density at radius 1 is 1.39 bits per heavy atom. The van der Waals surface area contributed by atoms with E-state index in [0.717, 1.165) is 17.7 Å². The van der Waals surface area contributed by atoms with Crippen LogP contribution in [0.1, 0.15) is 32.3 Å². The number of carbonyl (C=O) groups excluding carboxylic acids is 1. The molecule has 1 fully saturated rings. The number of amides is 1. The molecule has 5 heteroatoms. The van der Waals surface area contributed by atoms with Crippen LogP contribution in [0.2, 0.25) is 0 Å². The maximum Gasteiger partial charge on any atom is 0.311 e. The van der Waals surface area contributed by atoms with Crippen LogP contribution in [0.15, 0.2) is 24.3 Å². The zero-order valence-corrected chi connectivity index (χ0v) is 14.0. The van der Waals surface area contributed by atoms with E-state index in [1.807, 2.05) is 31.2 Å². The second kappa shape index (κ2) is 7.02. The molecule has 2 rings (SSSR count). The predicted octanol–water partition coefficient (Wildman–Crippen LogP) is 2.59. The minimum absolute atomic E-state index is 0.0392. The molecule has 0 unspecified atom stereocenters. The number of nitrogens with zero attached hydrogens (tertiary/aromatic N) is 1. The van der Waals surface area contributed by atoms with Crippen molar-refractivity contribution in [2.75, 3.05) is 20.2 Å². The van der Waals surface area contributed by atoms with Crippen LogP contribution in [0.5, 0.6) is 5.75 Å². The molecule has 126 valence electrons. The Kier molecular flexibility index (Phi) is 5.29. The van der Waals surface area contributed by atoms with Crippen molar-refractivity contribution >= 4 is 11.9 Å². The lowest BCUT2D eigenvalue weighted by Crippen LogP contribution is -2.35. The molecule has 0 spiro atoms. The van der Waals surface area contributed by atoms with Gasteiger partial charge < -0.3 is 14.7 Å². The van der Waals surface area contributed by atoms with Crippen LogP contribution in [0.4, 0.5) is 0 Å². The molecular weight excluding hydrogens is 294 g/mol. The first-order valence-electron chi connectivity index (χ1n) is 7.99. The average Bonchev–Trinajstić information content (AvgIpc) is 2.92. The lowest BCUT2D eigenvalue weighted by Gasteiger charge is -2.22. The topological polar surface area (TPSA) is 66.8 Å². The number of ether oxygens (including phenoxy) is 1. The highest BCUT2D eigenvalue weighted by molar-refractivity contribution is 5.80. The third-order valence-corrected chi connectivity index (χ3v) is 4.63. The second-order valence-corrected chi connectivity index (χ2v) is 6.76. The number of methoxy groups -OCH3 is 1. The van der Waals surface area contributed by atoms with Gasteiger partial charge in [-0.15, -0.1) is 0 Å². The van der Waals surface area contributed by atoms with Crippen LogP contribution in [-0.4, -0.2) is 42.1 Å². The Hall–Kier alpha value is -2.04. The maximum atomic E-state index is 12.4. The number of carbonyl (C=O) groups is 2. The number of hydrogen-bond acceptors (Lipinski definition) is 3. The minimum Gasteiger partial charge on any atom is -0.496 e. The van der Waals surface area contributed by atoms with Gasteiger partial charge in [0, 0.05) is 19.5 Å². The number of para-hydroxylation sites is 1. The third-order valence-electron chi connectivity index (χ3n) is 4.63. The van der Waals surface area contributed by atoms with Crippen molar-refractivity contribution in [3.05, 3.63) is 29.8 Å². The molecule has 1 heterocycles. The summed E-state index contributed by atoms with van der Waals surface area (Å²) in [5.41, 5.74) is 0.286. The highest BCUT2D eigenvalue weighted by Gasteiger charge is 2.42. The molecule has 23 heavy (non-hydrogen) atoms. The van der Waals surface area contributed by atoms with Crippen molar-refractivity contribution in [1.29, 1.82) is 0 Å². The van der Waals surface area contributed by atoms with E-state index in [0.29, 0.717) is 25.9 Å². The van der Waals surface area contributed by atoms with E-state index in [2.05, 4.69) is 0 Å². The molecule has 1 amide bonds. The van der Waals surface area contributed by atoms with Gasteiger partial charge in [0.25, 0.3) is 0 Å². The fraction of sp³-hybridized carbons (Fsp3) is 0.556. The van der Waals surface area contributed by atoms with Crippen molar-refractivity contribution in [2.24, 2.45) is 11.3 Å². The normalized spacial score (nSPS) is 22.0. The fourth-order valence-corrected chi connectivity index (χ4v) is 3.09. The van der Waals surface area contributed by atoms with E-state index in [1.54, 1.807) is 18.9 Å². The molecule has 0 aromatic heterocycles. The molecule has 1 aliphatic rings. The van der Waals surface area contributed by atoms with Gasteiger partial charge in [0.2, 0.25) is 5.91 Å². The van der Waals surface area contributed by atoms with E-state index in [1.165, 1.54) is 0 Å². The molecule has 0 radical (unpaired) electrons. The summed E-state index contributed by atoms with van der Waals surface area (Å²) >= 11 is 0. The Balaban J connectivity index is 1.92. The number of carboxylic acid groups (broad SMARTS) is 1. The number of aliphatic carboxylic acids is 1. The summed E-state index contributed by atoms with van der Waals surface area (Å²) in [5.74, 6) is 0.231. The van der Waals surface area contributed by atoms with Gasteiger partial charge in [-0.1, -0.05) is 25.1 Å². The van der Waals surface area contributed by atoms with Gasteiger partial charge in [0.05, 0.1) is 12.5 Å². The summed E-state index contributed by atoms with van der Waals surface area (Å²) in [6.07, 6.45) is 1.71. The van der Waals surface area contributed by atoms with Crippen molar-refractivity contribution < 1.29 is 19.4 Å². The quantitative estimate of drug-likeness (QED) is 0.875. The van der Waals surface area contributed by atoms with Gasteiger partial charge in [-0.2, -0.15) is 0 Å². The fourth-order valence-electron chi connectivity index (χ4n) is 3.09. The first-order chi connectivity index (χ1) is 10.9. The Morgan fingerprint density at radius 3 is 2.70 bits per heavy atom. The largest absolute Gasteiger partial charge is 0.496 e. The number of hydrogen-bond donors (Lipinski definition) is 1. The summed E-state index contributed by atoms with van der Waals surface area (Å²) in [6, 6.07) is 7.82. The molecule has 1 aromatic carbocycles. The highest BCUT2D eigenvalue weighted by atomic mass is 16.5. The summed E-state index contributed by atoms with van der Waals surface area (Å²) in [5, 5.41) is 9.25. The van der Waals surface area contributed by atoms with Crippen molar-refractivity contribution in [2.45, 2.75) is 33.1 Å². The van der Waals surface area contributed by atoms with E-state index >= 15 is 0 Å². The zero-order valence-electron chi connectivity index (χ0n) is 14.0. The van der Waals surface area contributed by atoms with Crippen molar-refractivity contribution in [1.82, 2.24) is 4.90 Å². The summed E-state index contributed by atoms with van der Waals surface area (Å²) in [7, 11) is 1.64. The van der Waals surface area contributed by atoms with Crippen LogP contribution in [-0.2, 0) is 16.0 Å². The van der Waals surface area contributed by atoms with Gasteiger partial charge in [-0.05, 0) is 37.3 Å². The molecular formula is C18H25NO4. The summed E-state index contributed by atoms with van der Waals surface area (Å²) in [4.78, 5) is 25.4. The average molecular weight is 319 g/mol. The molecule has 2 atom stereocenters. The highest BCUT2D eigenvalue weighted by Crippen LogP contribution is 2.31. The van der Waals surface area contributed by atoms with Gasteiger partial charge in [0.1, 0.15) is 5.75 Å². The number of rotatable bonds is 6. The Labute approximate surface area is 137 Å². The number of benzene rings is 1. The Bertz CT molecular complexity index is 586.